The number of rotatable bonds is 4. The summed E-state index contributed by atoms with van der Waals surface area (Å²) in [5, 5.41) is 14.3. The summed E-state index contributed by atoms with van der Waals surface area (Å²) in [7, 11) is 0. The van der Waals surface area contributed by atoms with E-state index in [9.17, 15) is 18.4 Å². The lowest BCUT2D eigenvalue weighted by molar-refractivity contribution is -0.119. The zero-order chi connectivity index (χ0) is 15.4. The molecule has 1 atom stereocenters. The molecule has 1 heterocycles. The highest BCUT2D eigenvalue weighted by Gasteiger charge is 2.20. The first kappa shape index (κ1) is 15.3. The van der Waals surface area contributed by atoms with Crippen LogP contribution in [-0.4, -0.2) is 42.8 Å². The molecule has 6 nitrogen and oxygen atoms in total. The summed E-state index contributed by atoms with van der Waals surface area (Å²) >= 11 is 0. The van der Waals surface area contributed by atoms with E-state index in [0.717, 1.165) is 0 Å². The average molecular weight is 300 g/mol. The number of ether oxygens (including phenoxy) is 1. The fourth-order valence-corrected chi connectivity index (χ4v) is 1.99. The van der Waals surface area contributed by atoms with Crippen molar-refractivity contribution >= 4 is 17.6 Å². The van der Waals surface area contributed by atoms with Gasteiger partial charge in [0, 0.05) is 19.2 Å². The largest absolute Gasteiger partial charge is 0.478 e. The van der Waals surface area contributed by atoms with Gasteiger partial charge in [0.1, 0.15) is 0 Å². The molecule has 8 heteroatoms. The van der Waals surface area contributed by atoms with Gasteiger partial charge in [-0.15, -0.1) is 0 Å². The molecule has 0 aliphatic carbocycles. The average Bonchev–Trinajstić information content (AvgIpc) is 2.43. The van der Waals surface area contributed by atoms with E-state index in [-0.39, 0.29) is 18.2 Å². The van der Waals surface area contributed by atoms with Crippen LogP contribution in [0, 0.1) is 11.6 Å². The minimum atomic E-state index is -1.46. The number of morpholine rings is 1. The summed E-state index contributed by atoms with van der Waals surface area (Å²) in [5.41, 5.74) is -0.792. The molecule has 0 radical (unpaired) electrons. The van der Waals surface area contributed by atoms with E-state index < -0.39 is 29.1 Å². The van der Waals surface area contributed by atoms with Gasteiger partial charge in [-0.25, -0.2) is 13.6 Å². The minimum absolute atomic E-state index is 0.00887. The Labute approximate surface area is 119 Å². The molecule has 1 aliphatic rings. The van der Waals surface area contributed by atoms with Gasteiger partial charge in [-0.2, -0.15) is 0 Å². The number of carbonyl (C=O) groups excluding carboxylic acids is 1. The Morgan fingerprint density at radius 2 is 2.10 bits per heavy atom. The van der Waals surface area contributed by atoms with Gasteiger partial charge in [-0.3, -0.25) is 4.79 Å². The molecule has 21 heavy (non-hydrogen) atoms. The van der Waals surface area contributed by atoms with Gasteiger partial charge < -0.3 is 20.5 Å². The first-order chi connectivity index (χ1) is 9.97. The Morgan fingerprint density at radius 3 is 2.71 bits per heavy atom. The quantitative estimate of drug-likeness (QED) is 0.771. The van der Waals surface area contributed by atoms with Gasteiger partial charge in [-0.05, 0) is 6.07 Å². The summed E-state index contributed by atoms with van der Waals surface area (Å²) < 4.78 is 31.6. The van der Waals surface area contributed by atoms with Crippen LogP contribution >= 0.6 is 0 Å². The maximum atomic E-state index is 13.2. The number of halogens is 2. The van der Waals surface area contributed by atoms with Crippen LogP contribution in [0.2, 0.25) is 0 Å². The van der Waals surface area contributed by atoms with Crippen molar-refractivity contribution in [3.63, 3.8) is 0 Å². The smallest absolute Gasteiger partial charge is 0.337 e. The van der Waals surface area contributed by atoms with Crippen molar-refractivity contribution in [1.82, 2.24) is 5.32 Å². The molecular weight excluding hydrogens is 286 g/mol. The number of benzene rings is 1. The third-order valence-electron chi connectivity index (χ3n) is 2.98. The summed E-state index contributed by atoms with van der Waals surface area (Å²) in [4.78, 5) is 22.8. The maximum Gasteiger partial charge on any atom is 0.337 e. The van der Waals surface area contributed by atoms with Gasteiger partial charge in [-0.1, -0.05) is 0 Å². The van der Waals surface area contributed by atoms with Crippen LogP contribution in [0.5, 0.6) is 0 Å². The Balaban J connectivity index is 2.09. The van der Waals surface area contributed by atoms with Crippen LogP contribution in [-0.2, 0) is 9.53 Å². The third kappa shape index (κ3) is 3.96. The number of aromatic carboxylic acids is 1. The number of carboxylic acids is 1. The number of anilines is 1. The van der Waals surface area contributed by atoms with Crippen LogP contribution in [0.1, 0.15) is 16.8 Å². The molecule has 114 valence electrons. The number of hydrogen-bond acceptors (Lipinski definition) is 4. The highest BCUT2D eigenvalue weighted by atomic mass is 19.2. The molecular formula is C13H14F2N2O4. The Kier molecular flexibility index (Phi) is 4.81. The lowest BCUT2D eigenvalue weighted by Crippen LogP contribution is -2.40. The van der Waals surface area contributed by atoms with Crippen molar-refractivity contribution in [2.75, 3.05) is 25.0 Å². The lowest BCUT2D eigenvalue weighted by Gasteiger charge is -2.23. The summed E-state index contributed by atoms with van der Waals surface area (Å²) in [6, 6.07) is 1.18. The standard InChI is InChI=1S/C13H14F2N2O4/c14-9-4-8(13(19)20)11(5-10(9)15)17-12(18)3-7-6-16-1-2-21-7/h4-5,7,16H,1-3,6H2,(H,17,18)(H,19,20). The predicted octanol–water partition coefficient (Wildman–Crippen LogP) is 0.980. The van der Waals surface area contributed by atoms with Gasteiger partial charge in [0.05, 0.1) is 30.4 Å². The molecule has 2 rings (SSSR count). The van der Waals surface area contributed by atoms with Crippen LogP contribution < -0.4 is 10.6 Å². The van der Waals surface area contributed by atoms with Gasteiger partial charge >= 0.3 is 5.97 Å². The number of carbonyl (C=O) groups is 2. The molecule has 0 aromatic heterocycles. The molecule has 1 fully saturated rings. The zero-order valence-electron chi connectivity index (χ0n) is 11.0. The van der Waals surface area contributed by atoms with Crippen LogP contribution in [0.4, 0.5) is 14.5 Å². The molecule has 1 saturated heterocycles. The van der Waals surface area contributed by atoms with Crippen molar-refractivity contribution in [2.45, 2.75) is 12.5 Å². The Hall–Kier alpha value is -2.06. The van der Waals surface area contributed by atoms with Crippen molar-refractivity contribution in [1.29, 1.82) is 0 Å². The SMILES string of the molecule is O=C(CC1CNCCO1)Nc1cc(F)c(F)cc1C(=O)O. The van der Waals surface area contributed by atoms with Crippen LogP contribution in [0.3, 0.4) is 0 Å². The predicted molar refractivity (Wildman–Crippen MR) is 69.2 cm³/mol. The molecule has 1 amide bonds. The van der Waals surface area contributed by atoms with E-state index in [1.54, 1.807) is 0 Å². The molecule has 3 N–H and O–H groups in total. The first-order valence-corrected chi connectivity index (χ1v) is 6.32. The van der Waals surface area contributed by atoms with E-state index in [4.69, 9.17) is 9.84 Å². The molecule has 0 saturated carbocycles. The maximum absolute atomic E-state index is 13.2. The second-order valence-electron chi connectivity index (χ2n) is 4.57. The van der Waals surface area contributed by atoms with Gasteiger partial charge in [0.25, 0.3) is 0 Å². The van der Waals surface area contributed by atoms with E-state index in [2.05, 4.69) is 10.6 Å². The van der Waals surface area contributed by atoms with Crippen molar-refractivity contribution in [3.05, 3.63) is 29.3 Å². The van der Waals surface area contributed by atoms with E-state index in [1.165, 1.54) is 0 Å². The van der Waals surface area contributed by atoms with E-state index in [0.29, 0.717) is 31.8 Å². The second-order valence-corrected chi connectivity index (χ2v) is 4.57. The molecule has 0 spiro atoms. The molecule has 1 unspecified atom stereocenters. The number of amides is 1. The zero-order valence-corrected chi connectivity index (χ0v) is 11.0. The fourth-order valence-electron chi connectivity index (χ4n) is 1.99. The second kappa shape index (κ2) is 6.59. The normalized spacial score (nSPS) is 18.3. The monoisotopic (exact) mass is 300 g/mol. The minimum Gasteiger partial charge on any atom is -0.478 e. The van der Waals surface area contributed by atoms with Crippen LogP contribution in [0.25, 0.3) is 0 Å². The van der Waals surface area contributed by atoms with E-state index in [1.807, 2.05) is 0 Å². The number of carboxylic acid groups (broad SMARTS) is 1. The summed E-state index contributed by atoms with van der Waals surface area (Å²) in [6.07, 6.45) is -0.345. The molecule has 1 aliphatic heterocycles. The number of nitrogens with one attached hydrogen (secondary N) is 2. The first-order valence-electron chi connectivity index (χ1n) is 6.32. The van der Waals surface area contributed by atoms with E-state index >= 15 is 0 Å². The van der Waals surface area contributed by atoms with Crippen molar-refractivity contribution in [3.8, 4) is 0 Å². The summed E-state index contributed by atoms with van der Waals surface area (Å²) in [6.45, 7) is 1.67. The highest BCUT2D eigenvalue weighted by Crippen LogP contribution is 2.20. The molecule has 1 aromatic rings. The topological polar surface area (TPSA) is 87.7 Å². The van der Waals surface area contributed by atoms with Crippen LogP contribution in [0.15, 0.2) is 12.1 Å². The Bertz CT molecular complexity index is 559. The van der Waals surface area contributed by atoms with Crippen molar-refractivity contribution < 1.29 is 28.2 Å². The molecule has 0 bridgehead atoms. The van der Waals surface area contributed by atoms with Gasteiger partial charge in [0.2, 0.25) is 5.91 Å². The van der Waals surface area contributed by atoms with Gasteiger partial charge in [0.15, 0.2) is 11.6 Å². The summed E-state index contributed by atoms with van der Waals surface area (Å²) in [5.74, 6) is -4.51. The lowest BCUT2D eigenvalue weighted by atomic mass is 10.1. The number of hydrogen-bond donors (Lipinski definition) is 3. The highest BCUT2D eigenvalue weighted by molar-refractivity contribution is 6.00. The molecule has 1 aromatic carbocycles. The Morgan fingerprint density at radius 1 is 1.38 bits per heavy atom. The fraction of sp³-hybridized carbons (Fsp3) is 0.385. The third-order valence-corrected chi connectivity index (χ3v) is 2.98. The van der Waals surface area contributed by atoms with Crippen molar-refractivity contribution in [2.24, 2.45) is 0 Å².